The number of aliphatic hydroxyl groups is 1. The second-order valence-electron chi connectivity index (χ2n) is 3.94. The van der Waals surface area contributed by atoms with Crippen molar-refractivity contribution < 1.29 is 5.11 Å². The Balaban J connectivity index is 3.03. The van der Waals surface area contributed by atoms with Crippen molar-refractivity contribution >= 4 is 5.82 Å². The van der Waals surface area contributed by atoms with E-state index >= 15 is 0 Å². The second-order valence-corrected chi connectivity index (χ2v) is 3.94. The fourth-order valence-electron chi connectivity index (χ4n) is 1.74. The number of nitrogens with two attached hydrogens (primary N) is 1. The quantitative estimate of drug-likeness (QED) is 0.685. The van der Waals surface area contributed by atoms with E-state index in [9.17, 15) is 5.11 Å². The van der Waals surface area contributed by atoms with Crippen molar-refractivity contribution in [2.75, 3.05) is 18.8 Å². The number of aryl methyl sites for hydroxylation is 1. The number of aromatic nitrogens is 1. The van der Waals surface area contributed by atoms with Gasteiger partial charge in [0.05, 0.1) is 0 Å². The van der Waals surface area contributed by atoms with Crippen LogP contribution < -0.4 is 11.1 Å². The van der Waals surface area contributed by atoms with Crippen LogP contribution in [0, 0.1) is 6.92 Å². The molecule has 4 heteroatoms. The van der Waals surface area contributed by atoms with Crippen molar-refractivity contribution in [3.8, 4) is 0 Å². The van der Waals surface area contributed by atoms with Crippen molar-refractivity contribution in [1.29, 1.82) is 0 Å². The van der Waals surface area contributed by atoms with Gasteiger partial charge in [0.1, 0.15) is 11.4 Å². The normalized spacial score (nSPS) is 14.9. The molecule has 1 heterocycles. The number of nitrogen functional groups attached to an aromatic ring is 1. The predicted molar refractivity (Wildman–Crippen MR) is 61.5 cm³/mol. The lowest BCUT2D eigenvalue weighted by Gasteiger charge is -2.26. The Morgan fingerprint density at radius 2 is 2.27 bits per heavy atom. The fourth-order valence-corrected chi connectivity index (χ4v) is 1.74. The summed E-state index contributed by atoms with van der Waals surface area (Å²) in [6, 6.07) is 1.85. The van der Waals surface area contributed by atoms with Gasteiger partial charge in [-0.1, -0.05) is 6.92 Å². The predicted octanol–water partition coefficient (Wildman–Crippen LogP) is 0.789. The standard InChI is InChI=1S/C11H19N3O/c1-4-13-7-11(3,15)9-8(2)5-6-14-10(9)12/h5-6,13,15H,4,7H2,1-3H3,(H2,12,14). The zero-order valence-corrected chi connectivity index (χ0v) is 9.54. The summed E-state index contributed by atoms with van der Waals surface area (Å²) in [5.74, 6) is 0.401. The number of hydrogen-bond acceptors (Lipinski definition) is 4. The van der Waals surface area contributed by atoms with Crippen molar-refractivity contribution in [3.05, 3.63) is 23.4 Å². The second kappa shape index (κ2) is 4.59. The van der Waals surface area contributed by atoms with E-state index in [0.29, 0.717) is 17.9 Å². The third-order valence-electron chi connectivity index (χ3n) is 2.45. The van der Waals surface area contributed by atoms with Crippen LogP contribution in [0.2, 0.25) is 0 Å². The molecule has 0 aliphatic heterocycles. The number of likely N-dealkylation sites (N-methyl/N-ethyl adjacent to an activating group) is 1. The van der Waals surface area contributed by atoms with E-state index in [1.54, 1.807) is 13.1 Å². The maximum Gasteiger partial charge on any atom is 0.129 e. The zero-order valence-electron chi connectivity index (χ0n) is 9.54. The average Bonchev–Trinajstić information content (AvgIpc) is 2.14. The summed E-state index contributed by atoms with van der Waals surface area (Å²) in [7, 11) is 0. The molecule has 1 aromatic rings. The number of hydrogen-bond donors (Lipinski definition) is 3. The Morgan fingerprint density at radius 1 is 1.60 bits per heavy atom. The van der Waals surface area contributed by atoms with Crippen LogP contribution in [0.4, 0.5) is 5.82 Å². The molecule has 0 aromatic carbocycles. The van der Waals surface area contributed by atoms with Gasteiger partial charge in [0.25, 0.3) is 0 Å². The molecule has 1 aromatic heterocycles. The molecule has 0 amide bonds. The summed E-state index contributed by atoms with van der Waals surface area (Å²) in [5.41, 5.74) is 6.48. The van der Waals surface area contributed by atoms with Crippen molar-refractivity contribution in [3.63, 3.8) is 0 Å². The topological polar surface area (TPSA) is 71.2 Å². The van der Waals surface area contributed by atoms with Gasteiger partial charge in [-0.15, -0.1) is 0 Å². The minimum atomic E-state index is -0.974. The van der Waals surface area contributed by atoms with E-state index in [2.05, 4.69) is 10.3 Å². The van der Waals surface area contributed by atoms with Crippen LogP contribution >= 0.6 is 0 Å². The van der Waals surface area contributed by atoms with Crippen molar-refractivity contribution in [2.24, 2.45) is 0 Å². The molecule has 0 saturated heterocycles. The molecular formula is C11H19N3O. The molecule has 1 atom stereocenters. The van der Waals surface area contributed by atoms with Crippen LogP contribution in [0.25, 0.3) is 0 Å². The fraction of sp³-hybridized carbons (Fsp3) is 0.545. The molecular weight excluding hydrogens is 190 g/mol. The highest BCUT2D eigenvalue weighted by Gasteiger charge is 2.27. The van der Waals surface area contributed by atoms with Crippen LogP contribution in [-0.4, -0.2) is 23.2 Å². The van der Waals surface area contributed by atoms with Gasteiger partial charge in [0.2, 0.25) is 0 Å². The highest BCUT2D eigenvalue weighted by atomic mass is 16.3. The summed E-state index contributed by atoms with van der Waals surface area (Å²) in [6.45, 7) is 6.95. The summed E-state index contributed by atoms with van der Waals surface area (Å²) in [6.07, 6.45) is 1.65. The first-order chi connectivity index (χ1) is 6.99. The minimum absolute atomic E-state index is 0.401. The van der Waals surface area contributed by atoms with E-state index < -0.39 is 5.60 Å². The number of nitrogens with one attached hydrogen (secondary N) is 1. The van der Waals surface area contributed by atoms with E-state index in [-0.39, 0.29) is 0 Å². The van der Waals surface area contributed by atoms with Crippen LogP contribution in [0.3, 0.4) is 0 Å². The number of pyridine rings is 1. The number of rotatable bonds is 4. The summed E-state index contributed by atoms with van der Waals surface area (Å²) in [4.78, 5) is 4.00. The maximum atomic E-state index is 10.3. The number of anilines is 1. The molecule has 0 fully saturated rings. The molecule has 84 valence electrons. The Hall–Kier alpha value is -1.13. The van der Waals surface area contributed by atoms with Gasteiger partial charge in [-0.2, -0.15) is 0 Å². The summed E-state index contributed by atoms with van der Waals surface area (Å²) in [5, 5.41) is 13.4. The molecule has 0 bridgehead atoms. The molecule has 4 N–H and O–H groups in total. The molecule has 0 saturated carbocycles. The lowest BCUT2D eigenvalue weighted by molar-refractivity contribution is 0.0575. The molecule has 0 aliphatic rings. The first-order valence-corrected chi connectivity index (χ1v) is 5.13. The monoisotopic (exact) mass is 209 g/mol. The van der Waals surface area contributed by atoms with E-state index in [1.807, 2.05) is 19.9 Å². The van der Waals surface area contributed by atoms with E-state index in [4.69, 9.17) is 5.73 Å². The largest absolute Gasteiger partial charge is 0.384 e. The SMILES string of the molecule is CCNCC(C)(O)c1c(C)ccnc1N. The van der Waals surface area contributed by atoms with E-state index in [1.165, 1.54) is 0 Å². The van der Waals surface area contributed by atoms with Crippen LogP contribution in [0.15, 0.2) is 12.3 Å². The smallest absolute Gasteiger partial charge is 0.129 e. The number of nitrogens with zero attached hydrogens (tertiary/aromatic N) is 1. The van der Waals surface area contributed by atoms with Gasteiger partial charge in [0.15, 0.2) is 0 Å². The summed E-state index contributed by atoms with van der Waals surface area (Å²) >= 11 is 0. The molecule has 1 unspecified atom stereocenters. The Bertz CT molecular complexity index is 316. The molecule has 0 radical (unpaired) electrons. The highest BCUT2D eigenvalue weighted by Crippen LogP contribution is 2.27. The van der Waals surface area contributed by atoms with Crippen LogP contribution in [-0.2, 0) is 5.60 Å². The van der Waals surface area contributed by atoms with Gasteiger partial charge >= 0.3 is 0 Å². The lowest BCUT2D eigenvalue weighted by atomic mass is 9.92. The molecule has 0 aliphatic carbocycles. The van der Waals surface area contributed by atoms with E-state index in [0.717, 1.165) is 12.1 Å². The van der Waals surface area contributed by atoms with Gasteiger partial charge in [-0.25, -0.2) is 4.98 Å². The lowest BCUT2D eigenvalue weighted by Crippen LogP contribution is -2.36. The summed E-state index contributed by atoms with van der Waals surface area (Å²) < 4.78 is 0. The van der Waals surface area contributed by atoms with Crippen LogP contribution in [0.1, 0.15) is 25.0 Å². The van der Waals surface area contributed by atoms with Crippen molar-refractivity contribution in [2.45, 2.75) is 26.4 Å². The first kappa shape index (κ1) is 11.9. The molecule has 15 heavy (non-hydrogen) atoms. The zero-order chi connectivity index (χ0) is 11.5. The molecule has 1 rings (SSSR count). The third kappa shape index (κ3) is 2.67. The molecule has 4 nitrogen and oxygen atoms in total. The average molecular weight is 209 g/mol. The Kier molecular flexibility index (Phi) is 3.66. The Labute approximate surface area is 90.5 Å². The third-order valence-corrected chi connectivity index (χ3v) is 2.45. The van der Waals surface area contributed by atoms with Gasteiger partial charge < -0.3 is 16.2 Å². The van der Waals surface area contributed by atoms with Crippen LogP contribution in [0.5, 0.6) is 0 Å². The Morgan fingerprint density at radius 3 is 2.80 bits per heavy atom. The first-order valence-electron chi connectivity index (χ1n) is 5.13. The minimum Gasteiger partial charge on any atom is -0.384 e. The van der Waals surface area contributed by atoms with Gasteiger partial charge in [0, 0.05) is 18.3 Å². The molecule has 0 spiro atoms. The highest BCUT2D eigenvalue weighted by molar-refractivity contribution is 5.47. The maximum absolute atomic E-state index is 10.3. The van der Waals surface area contributed by atoms with Crippen molar-refractivity contribution in [1.82, 2.24) is 10.3 Å². The van der Waals surface area contributed by atoms with Gasteiger partial charge in [-0.3, -0.25) is 0 Å². The van der Waals surface area contributed by atoms with Gasteiger partial charge in [-0.05, 0) is 32.0 Å².